The van der Waals surface area contributed by atoms with Crippen molar-refractivity contribution in [2.75, 3.05) is 0 Å². The Morgan fingerprint density at radius 1 is 1.62 bits per heavy atom. The molecular formula is C10H15N3O2S. The summed E-state index contributed by atoms with van der Waals surface area (Å²) in [6, 6.07) is 0.298. The van der Waals surface area contributed by atoms with Crippen molar-refractivity contribution in [3.05, 3.63) is 6.33 Å². The van der Waals surface area contributed by atoms with E-state index in [4.69, 9.17) is 4.74 Å². The maximum atomic E-state index is 11.5. The van der Waals surface area contributed by atoms with Crippen LogP contribution in [0.5, 0.6) is 0 Å². The van der Waals surface area contributed by atoms with E-state index in [2.05, 4.69) is 24.0 Å². The summed E-state index contributed by atoms with van der Waals surface area (Å²) in [5.41, 5.74) is 0. The van der Waals surface area contributed by atoms with Crippen LogP contribution in [0.1, 0.15) is 33.2 Å². The highest BCUT2D eigenvalue weighted by atomic mass is 32.2. The van der Waals surface area contributed by atoms with Crippen LogP contribution in [0.3, 0.4) is 0 Å². The van der Waals surface area contributed by atoms with Gasteiger partial charge in [0.15, 0.2) is 5.16 Å². The molecule has 0 saturated carbocycles. The monoisotopic (exact) mass is 241 g/mol. The Hall–Kier alpha value is -1.04. The quantitative estimate of drug-likeness (QED) is 0.753. The number of esters is 1. The predicted octanol–water partition coefficient (Wildman–Crippen LogP) is 1.66. The smallest absolute Gasteiger partial charge is 0.319 e. The average Bonchev–Trinajstić information content (AvgIpc) is 2.75. The van der Waals surface area contributed by atoms with Crippen molar-refractivity contribution in [1.82, 2.24) is 14.8 Å². The molecule has 1 fully saturated rings. The minimum absolute atomic E-state index is 0.0143. The summed E-state index contributed by atoms with van der Waals surface area (Å²) in [5.74, 6) is -0.143. The van der Waals surface area contributed by atoms with Crippen molar-refractivity contribution in [3.8, 4) is 0 Å². The normalized spacial score (nSPS) is 25.1. The minimum atomic E-state index is -0.143. The molecule has 2 atom stereocenters. The van der Waals surface area contributed by atoms with Crippen LogP contribution in [0.25, 0.3) is 0 Å². The zero-order valence-corrected chi connectivity index (χ0v) is 10.4. The number of carbonyl (C=O) groups is 1. The Kier molecular flexibility index (Phi) is 3.18. The summed E-state index contributed by atoms with van der Waals surface area (Å²) in [7, 11) is 0. The molecule has 5 nitrogen and oxygen atoms in total. The predicted molar refractivity (Wildman–Crippen MR) is 60.2 cm³/mol. The molecule has 0 aromatic carbocycles. The van der Waals surface area contributed by atoms with Crippen LogP contribution >= 0.6 is 11.8 Å². The molecule has 0 N–H and O–H groups in total. The second-order valence-corrected chi connectivity index (χ2v) is 5.37. The number of nitrogens with zero attached hydrogens (tertiary/aromatic N) is 3. The zero-order valence-electron chi connectivity index (χ0n) is 9.58. The number of thioether (sulfide) groups is 1. The summed E-state index contributed by atoms with van der Waals surface area (Å²) >= 11 is 1.44. The van der Waals surface area contributed by atoms with E-state index in [-0.39, 0.29) is 17.3 Å². The topological polar surface area (TPSA) is 57.0 Å². The van der Waals surface area contributed by atoms with Gasteiger partial charge in [0.1, 0.15) is 17.7 Å². The summed E-state index contributed by atoms with van der Waals surface area (Å²) < 4.78 is 7.06. The lowest BCUT2D eigenvalue weighted by Gasteiger charge is -2.10. The molecule has 6 heteroatoms. The first-order valence-corrected chi connectivity index (χ1v) is 6.22. The number of cyclic esters (lactones) is 1. The van der Waals surface area contributed by atoms with Crippen molar-refractivity contribution >= 4 is 17.7 Å². The molecule has 1 aromatic heterocycles. The largest absolute Gasteiger partial charge is 0.462 e. The van der Waals surface area contributed by atoms with Crippen molar-refractivity contribution in [2.45, 2.75) is 49.7 Å². The van der Waals surface area contributed by atoms with Gasteiger partial charge < -0.3 is 9.30 Å². The van der Waals surface area contributed by atoms with Crippen molar-refractivity contribution < 1.29 is 9.53 Å². The van der Waals surface area contributed by atoms with Crippen LogP contribution < -0.4 is 0 Å². The fraction of sp³-hybridized carbons (Fsp3) is 0.700. The van der Waals surface area contributed by atoms with Gasteiger partial charge in [0.25, 0.3) is 0 Å². The number of aromatic nitrogens is 3. The number of hydrogen-bond acceptors (Lipinski definition) is 5. The van der Waals surface area contributed by atoms with Crippen LogP contribution in [-0.4, -0.2) is 32.1 Å². The highest BCUT2D eigenvalue weighted by Crippen LogP contribution is 2.31. The molecule has 0 radical (unpaired) electrons. The molecular weight excluding hydrogens is 226 g/mol. The fourth-order valence-electron chi connectivity index (χ4n) is 1.61. The molecule has 1 aliphatic rings. The van der Waals surface area contributed by atoms with E-state index in [0.717, 1.165) is 11.6 Å². The maximum Gasteiger partial charge on any atom is 0.319 e. The SMILES string of the molecule is CC(C)n1cnnc1S[C@H]1C[C@H](C)OC1=O. The number of ether oxygens (including phenoxy) is 1. The van der Waals surface area contributed by atoms with Crippen molar-refractivity contribution in [1.29, 1.82) is 0 Å². The van der Waals surface area contributed by atoms with Gasteiger partial charge in [-0.3, -0.25) is 4.79 Å². The molecule has 0 bridgehead atoms. The first kappa shape index (κ1) is 11.4. The molecule has 2 rings (SSSR count). The first-order valence-electron chi connectivity index (χ1n) is 5.34. The summed E-state index contributed by atoms with van der Waals surface area (Å²) in [6.45, 7) is 6.03. The third-order valence-electron chi connectivity index (χ3n) is 2.47. The molecule has 0 aliphatic carbocycles. The van der Waals surface area contributed by atoms with Gasteiger partial charge in [-0.2, -0.15) is 0 Å². The van der Waals surface area contributed by atoms with Gasteiger partial charge in [-0.1, -0.05) is 11.8 Å². The van der Waals surface area contributed by atoms with E-state index >= 15 is 0 Å². The van der Waals surface area contributed by atoms with Gasteiger partial charge in [-0.05, 0) is 20.8 Å². The highest BCUT2D eigenvalue weighted by Gasteiger charge is 2.33. The highest BCUT2D eigenvalue weighted by molar-refractivity contribution is 8.00. The lowest BCUT2D eigenvalue weighted by Crippen LogP contribution is -2.11. The average molecular weight is 241 g/mol. The minimum Gasteiger partial charge on any atom is -0.462 e. The van der Waals surface area contributed by atoms with E-state index in [0.29, 0.717) is 6.04 Å². The third-order valence-corrected chi connectivity index (χ3v) is 3.64. The summed E-state index contributed by atoms with van der Waals surface area (Å²) in [5, 5.41) is 8.54. The lowest BCUT2D eigenvalue weighted by atomic mass is 10.3. The van der Waals surface area contributed by atoms with Crippen LogP contribution in [0.2, 0.25) is 0 Å². The van der Waals surface area contributed by atoms with E-state index in [1.165, 1.54) is 11.8 Å². The van der Waals surface area contributed by atoms with Gasteiger partial charge in [0, 0.05) is 12.5 Å². The van der Waals surface area contributed by atoms with Gasteiger partial charge >= 0.3 is 5.97 Å². The molecule has 88 valence electrons. The van der Waals surface area contributed by atoms with E-state index in [9.17, 15) is 4.79 Å². The van der Waals surface area contributed by atoms with Crippen molar-refractivity contribution in [2.24, 2.45) is 0 Å². The van der Waals surface area contributed by atoms with Crippen LogP contribution in [0.15, 0.2) is 11.5 Å². The Labute approximate surface area is 98.6 Å². The van der Waals surface area contributed by atoms with Gasteiger partial charge in [-0.15, -0.1) is 10.2 Å². The van der Waals surface area contributed by atoms with Crippen molar-refractivity contribution in [3.63, 3.8) is 0 Å². The summed E-state index contributed by atoms with van der Waals surface area (Å²) in [6.07, 6.45) is 2.45. The van der Waals surface area contributed by atoms with E-state index in [1.807, 2.05) is 11.5 Å². The second kappa shape index (κ2) is 4.45. The molecule has 1 aliphatic heterocycles. The second-order valence-electron chi connectivity index (χ2n) is 4.20. The lowest BCUT2D eigenvalue weighted by molar-refractivity contribution is -0.140. The van der Waals surface area contributed by atoms with Crippen LogP contribution in [0, 0.1) is 0 Å². The molecule has 1 aromatic rings. The molecule has 0 amide bonds. The van der Waals surface area contributed by atoms with Gasteiger partial charge in [0.2, 0.25) is 0 Å². The Bertz CT molecular complexity index is 391. The van der Waals surface area contributed by atoms with E-state index < -0.39 is 0 Å². The van der Waals surface area contributed by atoms with Crippen LogP contribution in [0.4, 0.5) is 0 Å². The number of carbonyl (C=O) groups excluding carboxylic acids is 1. The Balaban J connectivity index is 2.09. The molecule has 2 heterocycles. The molecule has 1 saturated heterocycles. The fourth-order valence-corrected chi connectivity index (χ4v) is 2.86. The van der Waals surface area contributed by atoms with Gasteiger partial charge in [0.05, 0.1) is 0 Å². The zero-order chi connectivity index (χ0) is 11.7. The maximum absolute atomic E-state index is 11.5. The molecule has 16 heavy (non-hydrogen) atoms. The molecule has 0 spiro atoms. The van der Waals surface area contributed by atoms with Gasteiger partial charge in [-0.25, -0.2) is 0 Å². The number of rotatable bonds is 3. The Morgan fingerprint density at radius 2 is 2.38 bits per heavy atom. The Morgan fingerprint density at radius 3 is 2.94 bits per heavy atom. The molecule has 0 unspecified atom stereocenters. The third kappa shape index (κ3) is 2.21. The van der Waals surface area contributed by atoms with Crippen LogP contribution in [-0.2, 0) is 9.53 Å². The number of hydrogen-bond donors (Lipinski definition) is 0. The first-order chi connectivity index (χ1) is 7.58. The van der Waals surface area contributed by atoms with E-state index in [1.54, 1.807) is 6.33 Å². The summed E-state index contributed by atoms with van der Waals surface area (Å²) in [4.78, 5) is 11.5. The standard InChI is InChI=1S/C10H15N3O2S/c1-6(2)13-5-11-12-10(13)16-8-4-7(3)15-9(8)14/h5-8H,4H2,1-3H3/t7-,8-/m0/s1.